The van der Waals surface area contributed by atoms with Gasteiger partial charge in [-0.2, -0.15) is 0 Å². The smallest absolute Gasteiger partial charge is 0.224 e. The Kier molecular flexibility index (Phi) is 6.70. The summed E-state index contributed by atoms with van der Waals surface area (Å²) in [6, 6.07) is 8.74. The van der Waals surface area contributed by atoms with Gasteiger partial charge >= 0.3 is 0 Å². The summed E-state index contributed by atoms with van der Waals surface area (Å²) in [4.78, 5) is 16.4. The van der Waals surface area contributed by atoms with Crippen LogP contribution in [0.4, 0.5) is 5.69 Å². The number of anilines is 1. The molecule has 0 atom stereocenters. The van der Waals surface area contributed by atoms with E-state index in [4.69, 9.17) is 27.6 Å². The molecule has 1 aromatic heterocycles. The van der Waals surface area contributed by atoms with Crippen LogP contribution in [0, 0.1) is 0 Å². The molecule has 2 N–H and O–H groups in total. The van der Waals surface area contributed by atoms with E-state index in [1.54, 1.807) is 18.2 Å². The number of nitrogens with one attached hydrogen (secondary N) is 1. The van der Waals surface area contributed by atoms with Gasteiger partial charge in [-0.15, -0.1) is 0 Å². The van der Waals surface area contributed by atoms with E-state index in [1.807, 2.05) is 0 Å². The number of carbonyl (C=O) groups excluding carboxylic acids is 1. The minimum absolute atomic E-state index is 0.0124. The van der Waals surface area contributed by atoms with Crippen molar-refractivity contribution in [2.75, 3.05) is 11.1 Å². The molecule has 0 saturated carbocycles. The molecule has 0 saturated heterocycles. The van der Waals surface area contributed by atoms with E-state index >= 15 is 0 Å². The summed E-state index contributed by atoms with van der Waals surface area (Å²) >= 11 is 12.0. The van der Waals surface area contributed by atoms with Crippen LogP contribution in [0.2, 0.25) is 10.0 Å². The van der Waals surface area contributed by atoms with E-state index in [1.165, 1.54) is 31.3 Å². The van der Waals surface area contributed by atoms with Crippen molar-refractivity contribution in [3.8, 4) is 17.1 Å². The predicted octanol–water partition coefficient (Wildman–Crippen LogP) is 4.72. The van der Waals surface area contributed by atoms with Crippen molar-refractivity contribution in [3.05, 3.63) is 58.5 Å². The molecule has 30 heavy (non-hydrogen) atoms. The summed E-state index contributed by atoms with van der Waals surface area (Å²) in [6.07, 6.45) is 1.72. The van der Waals surface area contributed by atoms with Crippen LogP contribution in [0.15, 0.2) is 51.9 Å². The Morgan fingerprint density at radius 1 is 1.20 bits per heavy atom. The number of aromatic hydroxyl groups is 1. The van der Waals surface area contributed by atoms with Crippen molar-refractivity contribution >= 4 is 44.6 Å². The molecule has 1 heterocycles. The lowest BCUT2D eigenvalue weighted by Gasteiger charge is -2.09. The van der Waals surface area contributed by atoms with E-state index in [9.17, 15) is 18.3 Å². The van der Waals surface area contributed by atoms with Crippen LogP contribution in [0.3, 0.4) is 0 Å². The molecule has 10 heteroatoms. The van der Waals surface area contributed by atoms with Crippen molar-refractivity contribution in [1.29, 1.82) is 0 Å². The van der Waals surface area contributed by atoms with E-state index in [2.05, 4.69) is 10.3 Å². The summed E-state index contributed by atoms with van der Waals surface area (Å²) in [5.74, 6) is 0.0321. The highest BCUT2D eigenvalue weighted by Crippen LogP contribution is 2.31. The van der Waals surface area contributed by atoms with Gasteiger partial charge in [0, 0.05) is 23.4 Å². The van der Waals surface area contributed by atoms with Crippen LogP contribution < -0.4 is 5.32 Å². The molecule has 0 bridgehead atoms. The zero-order valence-electron chi connectivity index (χ0n) is 15.9. The first-order valence-corrected chi connectivity index (χ1v) is 11.4. The predicted molar refractivity (Wildman–Crippen MR) is 115 cm³/mol. The molecular formula is C20H18Cl2N2O5S. The molecule has 0 unspecified atom stereocenters. The Hall–Kier alpha value is -2.55. The number of phenolic OH excluding ortho intramolecular Hbond substituents is 1. The number of aryl methyl sites for hydroxylation is 1. The number of hydrogen-bond donors (Lipinski definition) is 2. The molecule has 3 rings (SSSR count). The van der Waals surface area contributed by atoms with Gasteiger partial charge in [-0.05, 0) is 36.4 Å². The van der Waals surface area contributed by atoms with Crippen molar-refractivity contribution in [2.45, 2.75) is 24.7 Å². The fourth-order valence-corrected chi connectivity index (χ4v) is 4.06. The molecule has 7 nitrogen and oxygen atoms in total. The minimum atomic E-state index is -3.46. The summed E-state index contributed by atoms with van der Waals surface area (Å²) < 4.78 is 29.6. The number of oxazole rings is 1. The fourth-order valence-electron chi connectivity index (χ4n) is 2.65. The number of amides is 1. The van der Waals surface area contributed by atoms with Crippen LogP contribution >= 0.6 is 23.2 Å². The zero-order valence-corrected chi connectivity index (χ0v) is 18.2. The van der Waals surface area contributed by atoms with Crippen LogP contribution in [0.25, 0.3) is 11.3 Å². The molecule has 158 valence electrons. The first kappa shape index (κ1) is 22.1. The van der Waals surface area contributed by atoms with Gasteiger partial charge in [0.25, 0.3) is 0 Å². The van der Waals surface area contributed by atoms with Crippen molar-refractivity contribution in [2.24, 2.45) is 0 Å². The largest absolute Gasteiger partial charge is 0.506 e. The van der Waals surface area contributed by atoms with E-state index < -0.39 is 15.7 Å². The number of carbonyl (C=O) groups is 1. The van der Waals surface area contributed by atoms with Crippen molar-refractivity contribution < 1.29 is 22.7 Å². The number of benzene rings is 2. The third-order valence-corrected chi connectivity index (χ3v) is 6.58. The second-order valence-electron chi connectivity index (χ2n) is 6.37. The first-order chi connectivity index (χ1) is 14.2. The number of aromatic nitrogens is 1. The molecule has 2 aromatic carbocycles. The van der Waals surface area contributed by atoms with E-state index in [-0.39, 0.29) is 34.9 Å². The summed E-state index contributed by atoms with van der Waals surface area (Å²) in [5.41, 5.74) is 0.652. The lowest BCUT2D eigenvalue weighted by molar-refractivity contribution is -0.116. The molecule has 3 aromatic rings. The Labute approximate surface area is 183 Å². The third-order valence-electron chi connectivity index (χ3n) is 4.30. The Morgan fingerprint density at radius 3 is 2.67 bits per heavy atom. The van der Waals surface area contributed by atoms with E-state index in [0.717, 1.165) is 0 Å². The first-order valence-electron chi connectivity index (χ1n) is 8.95. The quantitative estimate of drug-likeness (QED) is 0.485. The van der Waals surface area contributed by atoms with Gasteiger partial charge in [0.2, 0.25) is 5.91 Å². The number of rotatable bonds is 7. The highest BCUT2D eigenvalue weighted by Gasteiger charge is 2.16. The average molecular weight is 469 g/mol. The number of sulfone groups is 1. The average Bonchev–Trinajstić information content (AvgIpc) is 3.16. The maximum absolute atomic E-state index is 12.3. The lowest BCUT2D eigenvalue weighted by atomic mass is 10.2. The second kappa shape index (κ2) is 9.07. The molecule has 0 aliphatic carbocycles. The van der Waals surface area contributed by atoms with Crippen LogP contribution in [-0.2, 0) is 21.1 Å². The summed E-state index contributed by atoms with van der Waals surface area (Å²) in [7, 11) is -3.46. The Balaban J connectivity index is 1.66. The van der Waals surface area contributed by atoms with Crippen LogP contribution in [0.1, 0.15) is 19.2 Å². The van der Waals surface area contributed by atoms with Gasteiger partial charge in [0.05, 0.1) is 27.6 Å². The van der Waals surface area contributed by atoms with Gasteiger partial charge in [0.1, 0.15) is 5.75 Å². The van der Waals surface area contributed by atoms with Gasteiger partial charge in [-0.3, -0.25) is 4.79 Å². The van der Waals surface area contributed by atoms with Crippen molar-refractivity contribution in [1.82, 2.24) is 4.98 Å². The molecule has 1 amide bonds. The van der Waals surface area contributed by atoms with Gasteiger partial charge in [-0.1, -0.05) is 30.1 Å². The molecule has 0 fully saturated rings. The Morgan fingerprint density at radius 2 is 1.97 bits per heavy atom. The van der Waals surface area contributed by atoms with Gasteiger partial charge < -0.3 is 14.8 Å². The second-order valence-corrected chi connectivity index (χ2v) is 9.49. The lowest BCUT2D eigenvalue weighted by Crippen LogP contribution is -2.13. The topological polar surface area (TPSA) is 110 Å². The third kappa shape index (κ3) is 5.13. The molecule has 0 aliphatic rings. The van der Waals surface area contributed by atoms with E-state index in [0.29, 0.717) is 27.3 Å². The normalized spacial score (nSPS) is 11.4. The highest BCUT2D eigenvalue weighted by atomic mass is 35.5. The summed E-state index contributed by atoms with van der Waals surface area (Å²) in [6.45, 7) is 1.52. The number of hydrogen-bond acceptors (Lipinski definition) is 6. The SMILES string of the molecule is CCS(=O)(=O)c1ccc(O)c(NC(=O)CCc2ncc(-c3ccc(Cl)cc3Cl)o2)c1. The zero-order chi connectivity index (χ0) is 21.9. The highest BCUT2D eigenvalue weighted by molar-refractivity contribution is 7.91. The molecule has 0 spiro atoms. The van der Waals surface area contributed by atoms with Gasteiger partial charge in [-0.25, -0.2) is 13.4 Å². The number of halogens is 2. The molecular weight excluding hydrogens is 451 g/mol. The minimum Gasteiger partial charge on any atom is -0.506 e. The Bertz CT molecular complexity index is 1190. The maximum Gasteiger partial charge on any atom is 0.224 e. The van der Waals surface area contributed by atoms with Crippen LogP contribution in [0.5, 0.6) is 5.75 Å². The number of nitrogens with zero attached hydrogens (tertiary/aromatic N) is 1. The van der Waals surface area contributed by atoms with Crippen molar-refractivity contribution in [3.63, 3.8) is 0 Å². The standard InChI is InChI=1S/C20H18Cl2N2O5S/c1-2-30(27,28)13-4-6-17(25)16(10-13)24-19(26)7-8-20-23-11-18(29-20)14-5-3-12(21)9-15(14)22/h3-6,9-11,25H,2,7-8H2,1H3,(H,24,26). The molecule has 0 aliphatic heterocycles. The van der Waals surface area contributed by atoms with Crippen LogP contribution in [-0.4, -0.2) is 30.2 Å². The summed E-state index contributed by atoms with van der Waals surface area (Å²) in [5, 5.41) is 13.3. The molecule has 0 radical (unpaired) electrons. The van der Waals surface area contributed by atoms with Gasteiger partial charge in [0.15, 0.2) is 21.5 Å². The maximum atomic E-state index is 12.3. The number of phenols is 1. The monoisotopic (exact) mass is 468 g/mol. The fraction of sp³-hybridized carbons (Fsp3) is 0.200.